The van der Waals surface area contributed by atoms with Crippen molar-refractivity contribution in [2.24, 2.45) is 0 Å². The third-order valence-corrected chi connectivity index (χ3v) is 6.83. The standard InChI is InChI=1S/C19H19F3N2O4S/c1-11-5-6-12(28-2)10-16(11)29(26,27)24-9-3-4-15(24)19(25)23-14-8-7-13(20)17(21)18(14)22/h5-8,10,15H,3-4,9H2,1-2H3,(H,23,25)/t15-/m0/s1. The van der Waals surface area contributed by atoms with Crippen LogP contribution in [0, 0.1) is 24.4 Å². The maximum absolute atomic E-state index is 13.9. The zero-order valence-corrected chi connectivity index (χ0v) is 16.5. The van der Waals surface area contributed by atoms with Crippen molar-refractivity contribution in [3.8, 4) is 5.75 Å². The van der Waals surface area contributed by atoms with Crippen LogP contribution in [0.25, 0.3) is 0 Å². The lowest BCUT2D eigenvalue weighted by Crippen LogP contribution is -2.43. The Labute approximate surface area is 166 Å². The first-order valence-electron chi connectivity index (χ1n) is 8.77. The molecular formula is C19H19F3N2O4S. The Morgan fingerprint density at radius 3 is 2.59 bits per heavy atom. The summed E-state index contributed by atoms with van der Waals surface area (Å²) in [5.74, 6) is -5.13. The maximum Gasteiger partial charge on any atom is 0.244 e. The monoisotopic (exact) mass is 428 g/mol. The molecule has 0 aromatic heterocycles. The molecule has 1 atom stereocenters. The number of amides is 1. The number of hydrogen-bond acceptors (Lipinski definition) is 4. The fourth-order valence-electron chi connectivity index (χ4n) is 3.24. The molecule has 1 amide bonds. The molecule has 0 spiro atoms. The molecule has 0 radical (unpaired) electrons. The van der Waals surface area contributed by atoms with Crippen LogP contribution < -0.4 is 10.1 Å². The van der Waals surface area contributed by atoms with Gasteiger partial charge in [0.25, 0.3) is 0 Å². The summed E-state index contributed by atoms with van der Waals surface area (Å²) < 4.78 is 72.8. The molecule has 6 nitrogen and oxygen atoms in total. The van der Waals surface area contributed by atoms with Gasteiger partial charge in [0.05, 0.1) is 17.7 Å². The van der Waals surface area contributed by atoms with Crippen LogP contribution in [0.4, 0.5) is 18.9 Å². The number of aryl methyl sites for hydroxylation is 1. The van der Waals surface area contributed by atoms with Crippen LogP contribution in [-0.4, -0.2) is 38.3 Å². The van der Waals surface area contributed by atoms with Crippen molar-refractivity contribution < 1.29 is 31.1 Å². The van der Waals surface area contributed by atoms with Crippen LogP contribution in [0.2, 0.25) is 0 Å². The molecule has 0 unspecified atom stereocenters. The van der Waals surface area contributed by atoms with Crippen molar-refractivity contribution in [2.45, 2.75) is 30.7 Å². The summed E-state index contributed by atoms with van der Waals surface area (Å²) in [5, 5.41) is 2.16. The summed E-state index contributed by atoms with van der Waals surface area (Å²) in [4.78, 5) is 12.6. The molecule has 1 fully saturated rings. The number of anilines is 1. The highest BCUT2D eigenvalue weighted by atomic mass is 32.2. The molecule has 10 heteroatoms. The highest BCUT2D eigenvalue weighted by molar-refractivity contribution is 7.89. The minimum Gasteiger partial charge on any atom is -0.497 e. The van der Waals surface area contributed by atoms with Crippen molar-refractivity contribution >= 4 is 21.6 Å². The number of carbonyl (C=O) groups is 1. The minimum absolute atomic E-state index is 0.00411. The number of benzene rings is 2. The zero-order chi connectivity index (χ0) is 21.3. The second-order valence-electron chi connectivity index (χ2n) is 6.62. The molecule has 0 bridgehead atoms. The summed E-state index contributed by atoms with van der Waals surface area (Å²) >= 11 is 0. The maximum atomic E-state index is 13.9. The Morgan fingerprint density at radius 1 is 1.17 bits per heavy atom. The molecule has 156 valence electrons. The Bertz CT molecular complexity index is 1060. The lowest BCUT2D eigenvalue weighted by Gasteiger charge is -2.24. The van der Waals surface area contributed by atoms with Gasteiger partial charge in [0.1, 0.15) is 11.8 Å². The Balaban J connectivity index is 1.90. The first-order valence-corrected chi connectivity index (χ1v) is 10.2. The van der Waals surface area contributed by atoms with E-state index < -0.39 is 45.1 Å². The summed E-state index contributed by atoms with van der Waals surface area (Å²) in [5.41, 5.74) is -0.0841. The molecule has 1 heterocycles. The molecule has 1 aliphatic heterocycles. The second-order valence-corrected chi connectivity index (χ2v) is 8.48. The number of nitrogens with one attached hydrogen (secondary N) is 1. The normalized spacial score (nSPS) is 17.3. The smallest absolute Gasteiger partial charge is 0.244 e. The Morgan fingerprint density at radius 2 is 1.90 bits per heavy atom. The molecule has 2 aromatic rings. The van der Waals surface area contributed by atoms with Gasteiger partial charge < -0.3 is 10.1 Å². The number of methoxy groups -OCH3 is 1. The van der Waals surface area contributed by atoms with Crippen molar-refractivity contribution in [3.63, 3.8) is 0 Å². The van der Waals surface area contributed by atoms with E-state index in [1.807, 2.05) is 0 Å². The summed E-state index contributed by atoms with van der Waals surface area (Å²) in [7, 11) is -2.64. The van der Waals surface area contributed by atoms with Gasteiger partial charge in [-0.05, 0) is 43.5 Å². The first-order chi connectivity index (χ1) is 13.7. The predicted octanol–water partition coefficient (Wildman–Crippen LogP) is 3.21. The number of halogens is 3. The predicted molar refractivity (Wildman–Crippen MR) is 99.6 cm³/mol. The number of sulfonamides is 1. The summed E-state index contributed by atoms with van der Waals surface area (Å²) in [6, 6.07) is 5.02. The quantitative estimate of drug-likeness (QED) is 0.742. The number of hydrogen-bond donors (Lipinski definition) is 1. The average Bonchev–Trinajstić information content (AvgIpc) is 3.19. The number of ether oxygens (including phenoxy) is 1. The number of nitrogens with zero attached hydrogens (tertiary/aromatic N) is 1. The van der Waals surface area contributed by atoms with Gasteiger partial charge in [-0.15, -0.1) is 0 Å². The third-order valence-electron chi connectivity index (χ3n) is 4.78. The van der Waals surface area contributed by atoms with Crippen LogP contribution in [0.5, 0.6) is 5.75 Å². The summed E-state index contributed by atoms with van der Waals surface area (Å²) in [6.45, 7) is 1.71. The van der Waals surface area contributed by atoms with E-state index in [1.54, 1.807) is 19.1 Å². The van der Waals surface area contributed by atoms with Crippen LogP contribution in [0.3, 0.4) is 0 Å². The van der Waals surface area contributed by atoms with Crippen LogP contribution in [0.1, 0.15) is 18.4 Å². The van der Waals surface area contributed by atoms with Gasteiger partial charge in [-0.1, -0.05) is 6.07 Å². The summed E-state index contributed by atoms with van der Waals surface area (Å²) in [6.07, 6.45) is 0.625. The molecule has 2 aromatic carbocycles. The highest BCUT2D eigenvalue weighted by Crippen LogP contribution is 2.31. The van der Waals surface area contributed by atoms with Crippen LogP contribution in [-0.2, 0) is 14.8 Å². The van der Waals surface area contributed by atoms with Crippen molar-refractivity contribution in [3.05, 3.63) is 53.3 Å². The van der Waals surface area contributed by atoms with Gasteiger partial charge in [0.15, 0.2) is 17.5 Å². The van der Waals surface area contributed by atoms with Gasteiger partial charge in [0, 0.05) is 12.6 Å². The van der Waals surface area contributed by atoms with Crippen molar-refractivity contribution in [2.75, 3.05) is 19.0 Å². The molecule has 1 aliphatic rings. The first kappa shape index (κ1) is 21.1. The van der Waals surface area contributed by atoms with Gasteiger partial charge in [0.2, 0.25) is 15.9 Å². The largest absolute Gasteiger partial charge is 0.497 e. The molecule has 1 N–H and O–H groups in total. The van der Waals surface area contributed by atoms with Gasteiger partial charge in [-0.25, -0.2) is 21.6 Å². The second kappa shape index (κ2) is 8.03. The van der Waals surface area contributed by atoms with Gasteiger partial charge >= 0.3 is 0 Å². The minimum atomic E-state index is -4.05. The average molecular weight is 428 g/mol. The molecule has 1 saturated heterocycles. The molecular weight excluding hydrogens is 409 g/mol. The third kappa shape index (κ3) is 3.95. The topological polar surface area (TPSA) is 75.7 Å². The lowest BCUT2D eigenvalue weighted by molar-refractivity contribution is -0.119. The highest BCUT2D eigenvalue weighted by Gasteiger charge is 2.40. The van der Waals surface area contributed by atoms with E-state index in [0.717, 1.165) is 10.4 Å². The Kier molecular flexibility index (Phi) is 5.85. The van der Waals surface area contributed by atoms with E-state index in [4.69, 9.17) is 4.74 Å². The lowest BCUT2D eigenvalue weighted by atomic mass is 10.2. The van der Waals surface area contributed by atoms with E-state index >= 15 is 0 Å². The molecule has 3 rings (SSSR count). The molecule has 0 saturated carbocycles. The van der Waals surface area contributed by atoms with E-state index in [1.165, 1.54) is 13.2 Å². The van der Waals surface area contributed by atoms with Gasteiger partial charge in [-0.2, -0.15) is 4.31 Å². The van der Waals surface area contributed by atoms with Crippen molar-refractivity contribution in [1.82, 2.24) is 4.31 Å². The van der Waals surface area contributed by atoms with E-state index in [2.05, 4.69) is 5.32 Å². The van der Waals surface area contributed by atoms with E-state index in [0.29, 0.717) is 23.8 Å². The molecule has 29 heavy (non-hydrogen) atoms. The van der Waals surface area contributed by atoms with Crippen LogP contribution in [0.15, 0.2) is 35.2 Å². The Hall–Kier alpha value is -2.59. The van der Waals surface area contributed by atoms with E-state index in [9.17, 15) is 26.4 Å². The van der Waals surface area contributed by atoms with Crippen molar-refractivity contribution in [1.29, 1.82) is 0 Å². The zero-order valence-electron chi connectivity index (χ0n) is 15.7. The van der Waals surface area contributed by atoms with Gasteiger partial charge in [-0.3, -0.25) is 4.79 Å². The SMILES string of the molecule is COc1ccc(C)c(S(=O)(=O)N2CCC[C@H]2C(=O)Nc2ccc(F)c(F)c2F)c1. The fraction of sp³-hybridized carbons (Fsp3) is 0.316. The van der Waals surface area contributed by atoms with E-state index in [-0.39, 0.29) is 17.9 Å². The number of carbonyl (C=O) groups excluding carboxylic acids is 1. The van der Waals surface area contributed by atoms with Crippen LogP contribution >= 0.6 is 0 Å². The molecule has 0 aliphatic carbocycles. The number of rotatable bonds is 5. The fourth-order valence-corrected chi connectivity index (χ4v) is 5.14.